The second kappa shape index (κ2) is 13.9. The van der Waals surface area contributed by atoms with Gasteiger partial charge >= 0.3 is 11.9 Å². The molecule has 0 spiro atoms. The van der Waals surface area contributed by atoms with Crippen molar-refractivity contribution in [3.63, 3.8) is 0 Å². The Labute approximate surface area is 231 Å². The summed E-state index contributed by atoms with van der Waals surface area (Å²) in [6, 6.07) is 19.7. The van der Waals surface area contributed by atoms with Crippen molar-refractivity contribution in [2.45, 2.75) is 46.3 Å². The summed E-state index contributed by atoms with van der Waals surface area (Å²) in [6.45, 7) is 13.1. The van der Waals surface area contributed by atoms with Crippen LogP contribution in [-0.2, 0) is 9.53 Å². The molecule has 0 saturated heterocycles. The van der Waals surface area contributed by atoms with Crippen molar-refractivity contribution in [2.75, 3.05) is 32.8 Å². The maximum Gasteiger partial charge on any atom is 0.335 e. The minimum absolute atomic E-state index is 0.136. The van der Waals surface area contributed by atoms with E-state index in [4.69, 9.17) is 9.47 Å². The standard InChI is InChI=1S/C32H40N2O5/c1-6-34(7-2)20-19-33-29(31(37)39-32(3,4)5)26(21-23-15-17-25(18-16-23)30(35)36)22-38-28-14-10-12-24-11-8-9-13-27(24)28/h8-18,21,29,33H,6-7,19-20,22H2,1-5H3,(H,35,36)/b26-21+. The fraction of sp³-hybridized carbons (Fsp3) is 0.375. The highest BCUT2D eigenvalue weighted by Gasteiger charge is 2.29. The van der Waals surface area contributed by atoms with E-state index >= 15 is 0 Å². The van der Waals surface area contributed by atoms with E-state index in [1.54, 1.807) is 24.3 Å². The van der Waals surface area contributed by atoms with Crippen LogP contribution in [0.1, 0.15) is 50.5 Å². The molecule has 0 amide bonds. The van der Waals surface area contributed by atoms with Crippen LogP contribution in [0.4, 0.5) is 0 Å². The smallest absolute Gasteiger partial charge is 0.335 e. The number of fused-ring (bicyclic) bond motifs is 1. The molecule has 0 bridgehead atoms. The first-order valence-electron chi connectivity index (χ1n) is 13.4. The molecule has 0 heterocycles. The minimum Gasteiger partial charge on any atom is -0.489 e. The lowest BCUT2D eigenvalue weighted by molar-refractivity contribution is -0.156. The Hall–Kier alpha value is -3.68. The number of hydrogen-bond acceptors (Lipinski definition) is 6. The Morgan fingerprint density at radius 2 is 1.64 bits per heavy atom. The fourth-order valence-corrected chi connectivity index (χ4v) is 4.26. The quantitative estimate of drug-likeness (QED) is 0.275. The fourth-order valence-electron chi connectivity index (χ4n) is 4.26. The third kappa shape index (κ3) is 8.94. The average Bonchev–Trinajstić information content (AvgIpc) is 2.90. The normalized spacial score (nSPS) is 12.9. The van der Waals surface area contributed by atoms with Gasteiger partial charge < -0.3 is 19.5 Å². The topological polar surface area (TPSA) is 88.1 Å². The number of hydrogen-bond donors (Lipinski definition) is 2. The van der Waals surface area contributed by atoms with Crippen molar-refractivity contribution < 1.29 is 24.2 Å². The van der Waals surface area contributed by atoms with Crippen molar-refractivity contribution in [2.24, 2.45) is 0 Å². The van der Waals surface area contributed by atoms with E-state index in [1.165, 1.54) is 0 Å². The minimum atomic E-state index is -0.991. The summed E-state index contributed by atoms with van der Waals surface area (Å²) in [5, 5.41) is 14.7. The number of nitrogens with zero attached hydrogens (tertiary/aromatic N) is 1. The number of likely N-dealkylation sites (N-methyl/N-ethyl adjacent to an activating group) is 1. The van der Waals surface area contributed by atoms with Crippen LogP contribution in [-0.4, -0.2) is 66.4 Å². The highest BCUT2D eigenvalue weighted by atomic mass is 16.6. The zero-order valence-corrected chi connectivity index (χ0v) is 23.6. The number of carbonyl (C=O) groups excluding carboxylic acids is 1. The summed E-state index contributed by atoms with van der Waals surface area (Å²) in [4.78, 5) is 27.1. The lowest BCUT2D eigenvalue weighted by Gasteiger charge is -2.27. The molecule has 0 aliphatic rings. The summed E-state index contributed by atoms with van der Waals surface area (Å²) in [5.41, 5.74) is 0.970. The Morgan fingerprint density at radius 1 is 0.974 bits per heavy atom. The number of carboxylic acid groups (broad SMARTS) is 1. The van der Waals surface area contributed by atoms with Crippen LogP contribution in [0.15, 0.2) is 72.3 Å². The van der Waals surface area contributed by atoms with Crippen molar-refractivity contribution in [3.8, 4) is 5.75 Å². The van der Waals surface area contributed by atoms with Crippen molar-refractivity contribution in [1.82, 2.24) is 10.2 Å². The van der Waals surface area contributed by atoms with Gasteiger partial charge in [0.2, 0.25) is 0 Å². The van der Waals surface area contributed by atoms with Crippen LogP contribution in [0.25, 0.3) is 16.8 Å². The second-order valence-electron chi connectivity index (χ2n) is 10.4. The van der Waals surface area contributed by atoms with Gasteiger partial charge in [-0.15, -0.1) is 0 Å². The third-order valence-corrected chi connectivity index (χ3v) is 6.34. The molecule has 0 fully saturated rings. The molecule has 0 aromatic heterocycles. The number of carboxylic acids is 1. The van der Waals surface area contributed by atoms with Crippen LogP contribution in [0, 0.1) is 0 Å². The largest absolute Gasteiger partial charge is 0.489 e. The first kappa shape index (κ1) is 29.9. The van der Waals surface area contributed by atoms with E-state index in [1.807, 2.05) is 69.3 Å². The molecule has 0 aliphatic heterocycles. The summed E-state index contributed by atoms with van der Waals surface area (Å²) in [6.07, 6.45) is 1.87. The van der Waals surface area contributed by atoms with E-state index < -0.39 is 23.6 Å². The average molecular weight is 533 g/mol. The summed E-state index contributed by atoms with van der Waals surface area (Å²) in [5.74, 6) is -0.668. The zero-order valence-electron chi connectivity index (χ0n) is 23.6. The molecule has 39 heavy (non-hydrogen) atoms. The van der Waals surface area contributed by atoms with Gasteiger partial charge in [0, 0.05) is 18.5 Å². The Balaban J connectivity index is 1.97. The molecule has 7 nitrogen and oxygen atoms in total. The monoisotopic (exact) mass is 532 g/mol. The molecule has 3 rings (SSSR count). The molecular formula is C32H40N2O5. The van der Waals surface area contributed by atoms with E-state index in [-0.39, 0.29) is 12.2 Å². The van der Waals surface area contributed by atoms with Crippen LogP contribution < -0.4 is 10.1 Å². The number of carbonyl (C=O) groups is 2. The molecule has 2 N–H and O–H groups in total. The van der Waals surface area contributed by atoms with Crippen LogP contribution in [0.5, 0.6) is 5.75 Å². The third-order valence-electron chi connectivity index (χ3n) is 6.34. The van der Waals surface area contributed by atoms with Gasteiger partial charge in [0.05, 0.1) is 5.56 Å². The number of esters is 1. The molecule has 208 valence electrons. The van der Waals surface area contributed by atoms with Crippen LogP contribution in [0.3, 0.4) is 0 Å². The molecule has 1 atom stereocenters. The summed E-state index contributed by atoms with van der Waals surface area (Å²) < 4.78 is 12.1. The van der Waals surface area contributed by atoms with Gasteiger partial charge in [0.1, 0.15) is 24.0 Å². The maximum absolute atomic E-state index is 13.5. The first-order valence-corrected chi connectivity index (χ1v) is 13.4. The van der Waals surface area contributed by atoms with Gasteiger partial charge in [-0.05, 0) is 68.6 Å². The van der Waals surface area contributed by atoms with E-state index in [0.29, 0.717) is 17.9 Å². The van der Waals surface area contributed by atoms with Gasteiger partial charge in [-0.25, -0.2) is 9.59 Å². The number of aromatic carboxylic acids is 1. The van der Waals surface area contributed by atoms with Crippen molar-refractivity contribution in [3.05, 3.63) is 83.4 Å². The van der Waals surface area contributed by atoms with Crippen LogP contribution in [0.2, 0.25) is 0 Å². The molecule has 3 aromatic rings. The molecule has 3 aromatic carbocycles. The second-order valence-corrected chi connectivity index (χ2v) is 10.4. The van der Waals surface area contributed by atoms with Gasteiger partial charge in [0.25, 0.3) is 0 Å². The summed E-state index contributed by atoms with van der Waals surface area (Å²) in [7, 11) is 0. The predicted molar refractivity (Wildman–Crippen MR) is 156 cm³/mol. The first-order chi connectivity index (χ1) is 18.6. The predicted octanol–water partition coefficient (Wildman–Crippen LogP) is 5.64. The van der Waals surface area contributed by atoms with Crippen molar-refractivity contribution in [1.29, 1.82) is 0 Å². The lowest BCUT2D eigenvalue weighted by atomic mass is 10.0. The Morgan fingerprint density at radius 3 is 2.28 bits per heavy atom. The molecular weight excluding hydrogens is 492 g/mol. The Kier molecular flexibility index (Phi) is 10.7. The van der Waals surface area contributed by atoms with Gasteiger partial charge in [-0.3, -0.25) is 5.32 Å². The Bertz CT molecular complexity index is 1270. The SMILES string of the molecule is CCN(CC)CCNC(C(=O)OC(C)(C)C)/C(=C/c1ccc(C(=O)O)cc1)COc1cccc2ccccc12. The maximum atomic E-state index is 13.5. The highest BCUT2D eigenvalue weighted by Crippen LogP contribution is 2.26. The van der Waals surface area contributed by atoms with Crippen LogP contribution >= 0.6 is 0 Å². The molecule has 1 unspecified atom stereocenters. The molecule has 0 aliphatic carbocycles. The molecule has 0 radical (unpaired) electrons. The molecule has 7 heteroatoms. The lowest BCUT2D eigenvalue weighted by Crippen LogP contribution is -2.46. The summed E-state index contributed by atoms with van der Waals surface area (Å²) >= 11 is 0. The highest BCUT2D eigenvalue weighted by molar-refractivity contribution is 5.89. The van der Waals surface area contributed by atoms with Gasteiger partial charge in [0.15, 0.2) is 0 Å². The molecule has 0 saturated carbocycles. The van der Waals surface area contributed by atoms with E-state index in [9.17, 15) is 14.7 Å². The van der Waals surface area contributed by atoms with Gasteiger partial charge in [-0.2, -0.15) is 0 Å². The van der Waals surface area contributed by atoms with E-state index in [2.05, 4.69) is 24.1 Å². The number of rotatable bonds is 13. The number of benzene rings is 3. The number of nitrogens with one attached hydrogen (secondary N) is 1. The van der Waals surface area contributed by atoms with Crippen molar-refractivity contribution >= 4 is 28.8 Å². The zero-order chi connectivity index (χ0) is 28.4. The van der Waals surface area contributed by atoms with Gasteiger partial charge in [-0.1, -0.05) is 68.5 Å². The number of ether oxygens (including phenoxy) is 2. The van der Waals surface area contributed by atoms with E-state index in [0.717, 1.165) is 36.0 Å².